The fraction of sp³-hybridized carbons (Fsp3) is 0. The molecule has 0 amide bonds. The highest BCUT2D eigenvalue weighted by molar-refractivity contribution is 6.58. The average molecular weight is 316 g/mol. The van der Waals surface area contributed by atoms with Crippen molar-refractivity contribution >= 4 is 23.4 Å². The van der Waals surface area contributed by atoms with E-state index in [1.54, 1.807) is 24.3 Å². The van der Waals surface area contributed by atoms with Gasteiger partial charge in [-0.3, -0.25) is 0 Å². The van der Waals surface area contributed by atoms with Gasteiger partial charge >= 0.3 is 7.12 Å². The van der Waals surface area contributed by atoms with Crippen molar-refractivity contribution in [3.05, 3.63) is 66.7 Å². The fourth-order valence-corrected chi connectivity index (χ4v) is 2.61. The molecule has 0 saturated heterocycles. The minimum atomic E-state index is -1.53. The second kappa shape index (κ2) is 5.92. The minimum Gasteiger partial charge on any atom is -0.423 e. The van der Waals surface area contributed by atoms with Gasteiger partial charge in [-0.25, -0.2) is 0 Å². The van der Waals surface area contributed by atoms with Crippen LogP contribution in [0.2, 0.25) is 0 Å². The van der Waals surface area contributed by atoms with E-state index in [-0.39, 0.29) is 0 Å². The van der Waals surface area contributed by atoms with Crippen LogP contribution >= 0.6 is 0 Å². The quantitative estimate of drug-likeness (QED) is 0.567. The molecule has 1 heterocycles. The molecule has 0 aliphatic carbocycles. The van der Waals surface area contributed by atoms with E-state index in [1.807, 2.05) is 42.5 Å². The molecule has 3 aromatic carbocycles. The molecule has 4 aromatic rings. The first-order valence-electron chi connectivity index (χ1n) is 7.50. The van der Waals surface area contributed by atoms with Gasteiger partial charge in [-0.15, -0.1) is 10.2 Å². The lowest BCUT2D eigenvalue weighted by Crippen LogP contribution is -2.29. The highest BCUT2D eigenvalue weighted by Gasteiger charge is 2.15. The first-order chi connectivity index (χ1) is 11.7. The van der Waals surface area contributed by atoms with E-state index in [0.29, 0.717) is 22.8 Å². The van der Waals surface area contributed by atoms with Crippen molar-refractivity contribution in [1.82, 2.24) is 10.2 Å². The van der Waals surface area contributed by atoms with Gasteiger partial charge in [0.2, 0.25) is 11.8 Å². The summed E-state index contributed by atoms with van der Waals surface area (Å²) in [7, 11) is -1.53. The van der Waals surface area contributed by atoms with Gasteiger partial charge in [0, 0.05) is 11.1 Å². The summed E-state index contributed by atoms with van der Waals surface area (Å²) in [6, 6.07) is 20.7. The van der Waals surface area contributed by atoms with Gasteiger partial charge in [0.1, 0.15) is 0 Å². The lowest BCUT2D eigenvalue weighted by atomic mass is 9.80. The minimum absolute atomic E-state index is 0.334. The van der Waals surface area contributed by atoms with E-state index in [1.165, 1.54) is 0 Å². The fourth-order valence-electron chi connectivity index (χ4n) is 2.61. The smallest absolute Gasteiger partial charge is 0.423 e. The molecule has 0 bridgehead atoms. The number of aromatic nitrogens is 2. The third kappa shape index (κ3) is 2.69. The zero-order valence-electron chi connectivity index (χ0n) is 12.6. The van der Waals surface area contributed by atoms with Crippen LogP contribution in [-0.4, -0.2) is 27.4 Å². The van der Waals surface area contributed by atoms with Gasteiger partial charge in [0.05, 0.1) is 0 Å². The summed E-state index contributed by atoms with van der Waals surface area (Å²) < 4.78 is 5.75. The van der Waals surface area contributed by atoms with Crippen LogP contribution in [0, 0.1) is 0 Å². The Kier molecular flexibility index (Phi) is 3.61. The molecule has 5 nitrogen and oxygen atoms in total. The molecule has 6 heteroatoms. The Labute approximate surface area is 138 Å². The normalized spacial score (nSPS) is 10.9. The van der Waals surface area contributed by atoms with Crippen molar-refractivity contribution in [2.45, 2.75) is 0 Å². The summed E-state index contributed by atoms with van der Waals surface area (Å²) >= 11 is 0. The molecule has 24 heavy (non-hydrogen) atoms. The Morgan fingerprint density at radius 2 is 1.42 bits per heavy atom. The maximum Gasteiger partial charge on any atom is 0.488 e. The first-order valence-corrected chi connectivity index (χ1v) is 7.50. The number of rotatable bonds is 3. The molecule has 0 radical (unpaired) electrons. The Morgan fingerprint density at radius 1 is 0.708 bits per heavy atom. The Morgan fingerprint density at radius 3 is 2.17 bits per heavy atom. The van der Waals surface area contributed by atoms with Crippen LogP contribution in [0.1, 0.15) is 0 Å². The summed E-state index contributed by atoms with van der Waals surface area (Å²) in [6.07, 6.45) is 0. The molecule has 0 saturated carbocycles. The highest BCUT2D eigenvalue weighted by atomic mass is 16.4. The van der Waals surface area contributed by atoms with E-state index in [2.05, 4.69) is 10.2 Å². The van der Waals surface area contributed by atoms with E-state index in [9.17, 15) is 10.0 Å². The SMILES string of the molecule is OB(O)c1cccc(-c2nnc(-c3ccc4ccccc4c3)o2)c1. The number of hydrogen-bond donors (Lipinski definition) is 2. The first kappa shape index (κ1) is 14.6. The molecule has 1 aromatic heterocycles. The van der Waals surface area contributed by atoms with E-state index >= 15 is 0 Å². The second-order valence-corrected chi connectivity index (χ2v) is 5.47. The molecule has 2 N–H and O–H groups in total. The van der Waals surface area contributed by atoms with Crippen LogP contribution in [-0.2, 0) is 0 Å². The molecule has 0 fully saturated rings. The third-order valence-corrected chi connectivity index (χ3v) is 3.85. The standard InChI is InChI=1S/C18H13BN2O3/c22-19(23)16-7-3-6-14(11-16)17-20-21-18(24-17)15-9-8-12-4-1-2-5-13(12)10-15/h1-11,22-23H. The predicted molar refractivity (Wildman–Crippen MR) is 92.5 cm³/mol. The van der Waals surface area contributed by atoms with Crippen molar-refractivity contribution in [2.75, 3.05) is 0 Å². The molecule has 0 unspecified atom stereocenters. The monoisotopic (exact) mass is 316 g/mol. The lowest BCUT2D eigenvalue weighted by molar-refractivity contribution is 0.426. The molecular formula is C18H13BN2O3. The van der Waals surface area contributed by atoms with Gasteiger partial charge in [0.25, 0.3) is 0 Å². The van der Waals surface area contributed by atoms with Gasteiger partial charge < -0.3 is 14.5 Å². The van der Waals surface area contributed by atoms with Crippen LogP contribution < -0.4 is 5.46 Å². The van der Waals surface area contributed by atoms with Crippen LogP contribution in [0.3, 0.4) is 0 Å². The lowest BCUT2D eigenvalue weighted by Gasteiger charge is -2.01. The Balaban J connectivity index is 1.72. The average Bonchev–Trinajstić information content (AvgIpc) is 3.11. The highest BCUT2D eigenvalue weighted by Crippen LogP contribution is 2.26. The summed E-state index contributed by atoms with van der Waals surface area (Å²) in [6.45, 7) is 0. The van der Waals surface area contributed by atoms with Crippen LogP contribution in [0.4, 0.5) is 0 Å². The van der Waals surface area contributed by atoms with Crippen molar-refractivity contribution < 1.29 is 14.5 Å². The number of hydrogen-bond acceptors (Lipinski definition) is 5. The maximum atomic E-state index is 9.27. The van der Waals surface area contributed by atoms with E-state index in [0.717, 1.165) is 16.3 Å². The summed E-state index contributed by atoms with van der Waals surface area (Å²) in [5, 5.41) is 28.9. The number of fused-ring (bicyclic) bond motifs is 1. The molecule has 0 aliphatic heterocycles. The van der Waals surface area contributed by atoms with Crippen molar-refractivity contribution in [1.29, 1.82) is 0 Å². The molecule has 116 valence electrons. The Bertz CT molecular complexity index is 1010. The van der Waals surface area contributed by atoms with Crippen LogP contribution in [0.15, 0.2) is 71.1 Å². The summed E-state index contributed by atoms with van der Waals surface area (Å²) in [5.74, 6) is 0.756. The van der Waals surface area contributed by atoms with Gasteiger partial charge in [0.15, 0.2) is 0 Å². The summed E-state index contributed by atoms with van der Waals surface area (Å²) in [4.78, 5) is 0. The van der Waals surface area contributed by atoms with E-state index < -0.39 is 7.12 Å². The zero-order valence-corrected chi connectivity index (χ0v) is 12.6. The Hall–Kier alpha value is -2.96. The molecule has 0 atom stereocenters. The van der Waals surface area contributed by atoms with E-state index in [4.69, 9.17) is 4.42 Å². The topological polar surface area (TPSA) is 79.4 Å². The second-order valence-electron chi connectivity index (χ2n) is 5.47. The van der Waals surface area contributed by atoms with Crippen molar-refractivity contribution in [3.8, 4) is 22.9 Å². The van der Waals surface area contributed by atoms with Crippen LogP contribution in [0.25, 0.3) is 33.7 Å². The van der Waals surface area contributed by atoms with Gasteiger partial charge in [-0.2, -0.15) is 0 Å². The number of nitrogens with zero attached hydrogens (tertiary/aromatic N) is 2. The zero-order chi connectivity index (χ0) is 16.5. The molecule has 0 aliphatic rings. The predicted octanol–water partition coefficient (Wildman–Crippen LogP) is 2.24. The van der Waals surface area contributed by atoms with Gasteiger partial charge in [-0.1, -0.05) is 42.5 Å². The van der Waals surface area contributed by atoms with Crippen molar-refractivity contribution in [3.63, 3.8) is 0 Å². The molecular weight excluding hydrogens is 303 g/mol. The van der Waals surface area contributed by atoms with Crippen molar-refractivity contribution in [2.24, 2.45) is 0 Å². The maximum absolute atomic E-state index is 9.27. The largest absolute Gasteiger partial charge is 0.488 e. The summed E-state index contributed by atoms with van der Waals surface area (Å²) in [5.41, 5.74) is 1.85. The van der Waals surface area contributed by atoms with Gasteiger partial charge in [-0.05, 0) is 40.5 Å². The molecule has 4 rings (SSSR count). The third-order valence-electron chi connectivity index (χ3n) is 3.85. The molecule has 0 spiro atoms. The van der Waals surface area contributed by atoms with Crippen LogP contribution in [0.5, 0.6) is 0 Å². The number of benzene rings is 3.